The van der Waals surface area contributed by atoms with Crippen LogP contribution in [0.2, 0.25) is 0 Å². The molecule has 1 fully saturated rings. The van der Waals surface area contributed by atoms with E-state index < -0.39 is 0 Å². The predicted octanol–water partition coefficient (Wildman–Crippen LogP) is 2.07. The van der Waals surface area contributed by atoms with Gasteiger partial charge in [-0.3, -0.25) is 0 Å². The molecule has 2 unspecified atom stereocenters. The molecule has 0 aromatic heterocycles. The summed E-state index contributed by atoms with van der Waals surface area (Å²) >= 11 is 0. The summed E-state index contributed by atoms with van der Waals surface area (Å²) in [5, 5.41) is 11.9. The summed E-state index contributed by atoms with van der Waals surface area (Å²) in [5.74, 6) is 0.324. The van der Waals surface area contributed by atoms with Crippen LogP contribution in [-0.2, 0) is 11.3 Å². The lowest BCUT2D eigenvalue weighted by Crippen LogP contribution is -2.33. The molecule has 1 amide bonds. The molecule has 1 aliphatic rings. The van der Waals surface area contributed by atoms with Gasteiger partial charge < -0.3 is 15.2 Å². The molecule has 0 saturated heterocycles. The molecule has 1 aromatic carbocycles. The van der Waals surface area contributed by atoms with Crippen molar-refractivity contribution in [2.24, 2.45) is 5.92 Å². The molecule has 1 aliphatic carbocycles. The number of alkyl carbamates (subject to hydrolysis) is 1. The second kappa shape index (κ2) is 6.40. The van der Waals surface area contributed by atoms with Gasteiger partial charge in [0.2, 0.25) is 0 Å². The van der Waals surface area contributed by atoms with Gasteiger partial charge in [0.05, 0.1) is 0 Å². The lowest BCUT2D eigenvalue weighted by atomic mass is 10.1. The Hall–Kier alpha value is -1.55. The number of aliphatic hydroxyl groups excluding tert-OH is 1. The van der Waals surface area contributed by atoms with Crippen LogP contribution in [0.5, 0.6) is 0 Å². The largest absolute Gasteiger partial charge is 0.445 e. The van der Waals surface area contributed by atoms with E-state index in [2.05, 4.69) is 5.32 Å². The number of hydrogen-bond acceptors (Lipinski definition) is 3. The van der Waals surface area contributed by atoms with E-state index in [0.717, 1.165) is 24.8 Å². The van der Waals surface area contributed by atoms with Crippen molar-refractivity contribution >= 4 is 6.09 Å². The molecule has 0 radical (unpaired) electrons. The van der Waals surface area contributed by atoms with E-state index in [-0.39, 0.29) is 18.7 Å². The van der Waals surface area contributed by atoms with Crippen LogP contribution in [0.4, 0.5) is 4.79 Å². The van der Waals surface area contributed by atoms with Gasteiger partial charge in [0, 0.05) is 12.6 Å². The Labute approximate surface area is 107 Å². The summed E-state index contributed by atoms with van der Waals surface area (Å²) in [6, 6.07) is 9.75. The molecule has 1 saturated carbocycles. The molecule has 4 heteroatoms. The topological polar surface area (TPSA) is 58.6 Å². The molecule has 2 N–H and O–H groups in total. The number of carbonyl (C=O) groups is 1. The van der Waals surface area contributed by atoms with Gasteiger partial charge in [-0.05, 0) is 30.7 Å². The Morgan fingerprint density at radius 1 is 1.33 bits per heavy atom. The van der Waals surface area contributed by atoms with Gasteiger partial charge in [-0.25, -0.2) is 4.79 Å². The first-order chi connectivity index (χ1) is 8.78. The van der Waals surface area contributed by atoms with Gasteiger partial charge >= 0.3 is 6.09 Å². The van der Waals surface area contributed by atoms with Crippen LogP contribution >= 0.6 is 0 Å². The van der Waals surface area contributed by atoms with Crippen LogP contribution in [-0.4, -0.2) is 23.8 Å². The molecule has 0 aliphatic heterocycles. The van der Waals surface area contributed by atoms with Crippen LogP contribution in [0.1, 0.15) is 24.8 Å². The quantitative estimate of drug-likeness (QED) is 0.859. The zero-order valence-electron chi connectivity index (χ0n) is 10.3. The normalized spacial score (nSPS) is 22.7. The minimum absolute atomic E-state index is 0.144. The average molecular weight is 249 g/mol. The van der Waals surface area contributed by atoms with Crippen molar-refractivity contribution in [2.75, 3.05) is 6.61 Å². The predicted molar refractivity (Wildman–Crippen MR) is 68.0 cm³/mol. The summed E-state index contributed by atoms with van der Waals surface area (Å²) < 4.78 is 5.15. The Kier molecular flexibility index (Phi) is 4.59. The van der Waals surface area contributed by atoms with Gasteiger partial charge in [0.15, 0.2) is 0 Å². The van der Waals surface area contributed by atoms with Gasteiger partial charge in [-0.2, -0.15) is 0 Å². The highest BCUT2D eigenvalue weighted by Crippen LogP contribution is 2.24. The maximum absolute atomic E-state index is 11.6. The fourth-order valence-corrected chi connectivity index (χ4v) is 2.30. The van der Waals surface area contributed by atoms with Gasteiger partial charge in [-0.1, -0.05) is 30.3 Å². The number of rotatable bonds is 4. The molecule has 0 spiro atoms. The highest BCUT2D eigenvalue weighted by molar-refractivity contribution is 5.67. The van der Waals surface area contributed by atoms with Gasteiger partial charge in [-0.15, -0.1) is 0 Å². The highest BCUT2D eigenvalue weighted by Gasteiger charge is 2.25. The third kappa shape index (κ3) is 3.74. The van der Waals surface area contributed by atoms with Crippen molar-refractivity contribution in [3.63, 3.8) is 0 Å². The van der Waals surface area contributed by atoms with Crippen molar-refractivity contribution in [3.8, 4) is 0 Å². The fourth-order valence-electron chi connectivity index (χ4n) is 2.30. The number of ether oxygens (including phenoxy) is 1. The van der Waals surface area contributed by atoms with Crippen LogP contribution < -0.4 is 5.32 Å². The van der Waals surface area contributed by atoms with E-state index in [0.29, 0.717) is 12.5 Å². The second-order valence-electron chi connectivity index (χ2n) is 4.76. The summed E-state index contributed by atoms with van der Waals surface area (Å²) in [7, 11) is 0. The van der Waals surface area contributed by atoms with E-state index >= 15 is 0 Å². The summed E-state index contributed by atoms with van der Waals surface area (Å²) in [4.78, 5) is 11.6. The number of nitrogens with one attached hydrogen (secondary N) is 1. The summed E-state index contributed by atoms with van der Waals surface area (Å²) in [6.45, 7) is 0.500. The molecular weight excluding hydrogens is 230 g/mol. The Balaban J connectivity index is 1.70. The first-order valence-corrected chi connectivity index (χ1v) is 6.36. The Morgan fingerprint density at radius 3 is 2.78 bits per heavy atom. The van der Waals surface area contributed by atoms with Crippen LogP contribution in [0.15, 0.2) is 30.3 Å². The third-order valence-corrected chi connectivity index (χ3v) is 3.33. The number of aliphatic hydroxyl groups is 1. The molecule has 18 heavy (non-hydrogen) atoms. The average Bonchev–Trinajstić information content (AvgIpc) is 2.85. The number of carbonyl (C=O) groups excluding carboxylic acids is 1. The van der Waals surface area contributed by atoms with E-state index in [1.807, 2.05) is 30.3 Å². The van der Waals surface area contributed by atoms with Gasteiger partial charge in [0.25, 0.3) is 0 Å². The second-order valence-corrected chi connectivity index (χ2v) is 4.76. The maximum atomic E-state index is 11.6. The molecule has 98 valence electrons. The van der Waals surface area contributed by atoms with E-state index in [4.69, 9.17) is 9.84 Å². The Bertz CT molecular complexity index is 380. The van der Waals surface area contributed by atoms with Crippen molar-refractivity contribution in [1.29, 1.82) is 0 Å². The van der Waals surface area contributed by atoms with Crippen LogP contribution in [0.25, 0.3) is 0 Å². The van der Waals surface area contributed by atoms with Crippen LogP contribution in [0.3, 0.4) is 0 Å². The number of hydrogen-bond donors (Lipinski definition) is 2. The first kappa shape index (κ1) is 12.9. The Morgan fingerprint density at radius 2 is 2.11 bits per heavy atom. The minimum atomic E-state index is -0.373. The lowest BCUT2D eigenvalue weighted by molar-refractivity contribution is 0.135. The minimum Gasteiger partial charge on any atom is -0.445 e. The SMILES string of the molecule is O=C(NC1CCC(CO)C1)OCc1ccccc1. The molecule has 0 bridgehead atoms. The molecule has 4 nitrogen and oxygen atoms in total. The summed E-state index contributed by atoms with van der Waals surface area (Å²) in [6.07, 6.45) is 2.37. The van der Waals surface area contributed by atoms with E-state index in [1.54, 1.807) is 0 Å². The molecule has 0 heterocycles. The van der Waals surface area contributed by atoms with Gasteiger partial charge in [0.1, 0.15) is 6.61 Å². The van der Waals surface area contributed by atoms with Crippen LogP contribution in [0, 0.1) is 5.92 Å². The monoisotopic (exact) mass is 249 g/mol. The van der Waals surface area contributed by atoms with Crippen molar-refractivity contribution in [3.05, 3.63) is 35.9 Å². The fraction of sp³-hybridized carbons (Fsp3) is 0.500. The zero-order valence-corrected chi connectivity index (χ0v) is 10.3. The first-order valence-electron chi connectivity index (χ1n) is 6.36. The van der Waals surface area contributed by atoms with Crippen molar-refractivity contribution in [1.82, 2.24) is 5.32 Å². The van der Waals surface area contributed by atoms with Crippen molar-refractivity contribution in [2.45, 2.75) is 31.9 Å². The molecule has 1 aromatic rings. The highest BCUT2D eigenvalue weighted by atomic mass is 16.5. The molecule has 2 rings (SSSR count). The maximum Gasteiger partial charge on any atom is 0.407 e. The molecule has 2 atom stereocenters. The number of benzene rings is 1. The zero-order chi connectivity index (χ0) is 12.8. The van der Waals surface area contributed by atoms with E-state index in [9.17, 15) is 4.79 Å². The molecular formula is C14H19NO3. The third-order valence-electron chi connectivity index (χ3n) is 3.33. The lowest BCUT2D eigenvalue weighted by Gasteiger charge is -2.13. The number of amides is 1. The van der Waals surface area contributed by atoms with E-state index in [1.165, 1.54) is 0 Å². The summed E-state index contributed by atoms with van der Waals surface area (Å²) in [5.41, 5.74) is 0.979. The smallest absolute Gasteiger partial charge is 0.407 e. The standard InChI is InChI=1S/C14H19NO3/c16-9-12-6-7-13(8-12)15-14(17)18-10-11-4-2-1-3-5-11/h1-5,12-13,16H,6-10H2,(H,15,17). The van der Waals surface area contributed by atoms with Crippen molar-refractivity contribution < 1.29 is 14.6 Å².